The molecule has 1 unspecified atom stereocenters. The van der Waals surface area contributed by atoms with E-state index in [1.165, 1.54) is 0 Å². The lowest BCUT2D eigenvalue weighted by Gasteiger charge is -2.21. The highest BCUT2D eigenvalue weighted by atomic mass is 79.9. The Labute approximate surface area is 184 Å². The average molecular weight is 672 g/mol. The van der Waals surface area contributed by atoms with E-state index < -0.39 is 45.7 Å². The number of rotatable bonds is 5. The molecule has 0 saturated heterocycles. The lowest BCUT2D eigenvalue weighted by Crippen LogP contribution is -2.39. The van der Waals surface area contributed by atoms with Gasteiger partial charge in [0.2, 0.25) is 6.10 Å². The molecule has 1 atom stereocenters. The summed E-state index contributed by atoms with van der Waals surface area (Å²) >= 11 is 12.0. The third-order valence-electron chi connectivity index (χ3n) is 2.83. The standard InChI is InChI=1S/C12H7Br4F3O7S/c1-25-10(20)4-6(13)8(15)5(9(16)7(4)14)11(21)26-3(12(17,18)19)2-27(22,23)24/h3H,2H2,1H3,(H,22,23,24). The minimum Gasteiger partial charge on any atom is -0.465 e. The maximum absolute atomic E-state index is 12.9. The van der Waals surface area contributed by atoms with Gasteiger partial charge in [-0.1, -0.05) is 0 Å². The first-order valence-electron chi connectivity index (χ1n) is 6.28. The Kier molecular flexibility index (Phi) is 8.34. The van der Waals surface area contributed by atoms with Crippen molar-refractivity contribution in [1.29, 1.82) is 0 Å². The first-order chi connectivity index (χ1) is 12.1. The zero-order chi connectivity index (χ0) is 21.3. The van der Waals surface area contributed by atoms with Crippen LogP contribution in [0.15, 0.2) is 17.9 Å². The molecule has 0 saturated carbocycles. The van der Waals surface area contributed by atoms with Gasteiger partial charge in [0, 0.05) is 17.9 Å². The Hall–Kier alpha value is -0.220. The van der Waals surface area contributed by atoms with Crippen molar-refractivity contribution >= 4 is 85.8 Å². The van der Waals surface area contributed by atoms with Gasteiger partial charge in [-0.3, -0.25) is 4.55 Å². The highest BCUT2D eigenvalue weighted by molar-refractivity contribution is 9.14. The molecule has 7 nitrogen and oxygen atoms in total. The number of carbonyl (C=O) groups is 2. The maximum Gasteiger partial charge on any atom is 0.426 e. The lowest BCUT2D eigenvalue weighted by molar-refractivity contribution is -0.197. The van der Waals surface area contributed by atoms with Crippen molar-refractivity contribution in [2.45, 2.75) is 12.3 Å². The molecule has 1 rings (SSSR count). The van der Waals surface area contributed by atoms with Gasteiger partial charge in [-0.25, -0.2) is 9.59 Å². The monoisotopic (exact) mass is 668 g/mol. The Morgan fingerprint density at radius 1 is 1.00 bits per heavy atom. The summed E-state index contributed by atoms with van der Waals surface area (Å²) in [6, 6.07) is 0. The predicted octanol–water partition coefficient (Wildman–Crippen LogP) is 4.50. The highest BCUT2D eigenvalue weighted by Gasteiger charge is 2.46. The van der Waals surface area contributed by atoms with Crippen LogP contribution in [-0.4, -0.2) is 50.1 Å². The Morgan fingerprint density at radius 3 is 1.67 bits per heavy atom. The zero-order valence-electron chi connectivity index (χ0n) is 12.7. The van der Waals surface area contributed by atoms with Crippen LogP contribution in [0.1, 0.15) is 20.7 Å². The van der Waals surface area contributed by atoms with Crippen LogP contribution in [0.4, 0.5) is 13.2 Å². The summed E-state index contributed by atoms with van der Waals surface area (Å²) in [5.41, 5.74) is -0.566. The summed E-state index contributed by atoms with van der Waals surface area (Å²) in [6.07, 6.45) is -8.37. The van der Waals surface area contributed by atoms with Crippen LogP contribution in [0.5, 0.6) is 0 Å². The van der Waals surface area contributed by atoms with E-state index in [1.54, 1.807) is 0 Å². The van der Waals surface area contributed by atoms with Crippen molar-refractivity contribution < 1.29 is 45.2 Å². The normalized spacial score (nSPS) is 13.2. The third-order valence-corrected chi connectivity index (χ3v) is 7.79. The van der Waals surface area contributed by atoms with Crippen LogP contribution in [-0.2, 0) is 19.6 Å². The molecule has 0 aliphatic heterocycles. The number of methoxy groups -OCH3 is 1. The molecule has 0 amide bonds. The van der Waals surface area contributed by atoms with Gasteiger partial charge in [-0.15, -0.1) is 0 Å². The van der Waals surface area contributed by atoms with E-state index in [9.17, 15) is 31.2 Å². The number of carbonyl (C=O) groups excluding carboxylic acids is 2. The number of alkyl halides is 3. The van der Waals surface area contributed by atoms with E-state index in [0.717, 1.165) is 7.11 Å². The van der Waals surface area contributed by atoms with Crippen molar-refractivity contribution in [3.8, 4) is 0 Å². The van der Waals surface area contributed by atoms with Crippen LogP contribution in [0.25, 0.3) is 0 Å². The molecule has 0 aromatic heterocycles. The largest absolute Gasteiger partial charge is 0.465 e. The SMILES string of the molecule is COC(=O)c1c(Br)c(Br)c(C(=O)OC(CS(=O)(=O)O)C(F)(F)F)c(Br)c1Br. The van der Waals surface area contributed by atoms with E-state index >= 15 is 0 Å². The zero-order valence-corrected chi connectivity index (χ0v) is 19.9. The maximum atomic E-state index is 12.9. The van der Waals surface area contributed by atoms with E-state index in [4.69, 9.17) is 4.55 Å². The van der Waals surface area contributed by atoms with Gasteiger partial charge in [-0.05, 0) is 63.7 Å². The summed E-state index contributed by atoms with van der Waals surface area (Å²) < 4.78 is 77.5. The second kappa shape index (κ2) is 9.07. The van der Waals surface area contributed by atoms with Crippen molar-refractivity contribution in [1.82, 2.24) is 0 Å². The first kappa shape index (κ1) is 24.8. The van der Waals surface area contributed by atoms with Crippen molar-refractivity contribution in [3.05, 3.63) is 29.0 Å². The molecule has 0 spiro atoms. The molecule has 152 valence electrons. The number of benzene rings is 1. The van der Waals surface area contributed by atoms with Gasteiger partial charge in [0.25, 0.3) is 10.1 Å². The number of hydrogen-bond acceptors (Lipinski definition) is 6. The molecule has 0 aliphatic carbocycles. The number of halogens is 7. The van der Waals surface area contributed by atoms with E-state index in [2.05, 4.69) is 73.2 Å². The van der Waals surface area contributed by atoms with Gasteiger partial charge in [-0.2, -0.15) is 21.6 Å². The molecule has 15 heteroatoms. The van der Waals surface area contributed by atoms with E-state index in [-0.39, 0.29) is 23.5 Å². The summed E-state index contributed by atoms with van der Waals surface area (Å²) in [4.78, 5) is 24.1. The van der Waals surface area contributed by atoms with Crippen LogP contribution in [0, 0.1) is 0 Å². The Morgan fingerprint density at radius 2 is 1.37 bits per heavy atom. The lowest BCUT2D eigenvalue weighted by atomic mass is 10.1. The van der Waals surface area contributed by atoms with Gasteiger partial charge in [0.05, 0.1) is 18.2 Å². The molecule has 0 heterocycles. The van der Waals surface area contributed by atoms with Crippen LogP contribution in [0.2, 0.25) is 0 Å². The molecule has 0 aliphatic rings. The fourth-order valence-corrected chi connectivity index (χ4v) is 5.07. The first-order valence-corrected chi connectivity index (χ1v) is 11.1. The smallest absolute Gasteiger partial charge is 0.426 e. The molecule has 0 fully saturated rings. The number of ether oxygens (including phenoxy) is 2. The van der Waals surface area contributed by atoms with Gasteiger partial charge in [0.15, 0.2) is 0 Å². The minimum absolute atomic E-state index is 0.0327. The summed E-state index contributed by atoms with van der Waals surface area (Å²) in [6.45, 7) is 0. The molecule has 27 heavy (non-hydrogen) atoms. The number of esters is 2. The highest BCUT2D eigenvalue weighted by Crippen LogP contribution is 2.42. The second-order valence-corrected chi connectivity index (χ2v) is 9.35. The third kappa shape index (κ3) is 6.13. The van der Waals surface area contributed by atoms with Crippen LogP contribution in [0.3, 0.4) is 0 Å². The van der Waals surface area contributed by atoms with E-state index in [0.29, 0.717) is 0 Å². The molecule has 1 aromatic carbocycles. The molecular weight excluding hydrogens is 665 g/mol. The van der Waals surface area contributed by atoms with Gasteiger partial charge < -0.3 is 9.47 Å². The van der Waals surface area contributed by atoms with Crippen molar-refractivity contribution in [2.75, 3.05) is 12.9 Å². The summed E-state index contributed by atoms with van der Waals surface area (Å²) in [5.74, 6) is -4.27. The minimum atomic E-state index is -5.26. The average Bonchev–Trinajstić information content (AvgIpc) is 2.50. The molecule has 1 aromatic rings. The van der Waals surface area contributed by atoms with Gasteiger partial charge >= 0.3 is 18.1 Å². The molecular formula is C12H7Br4F3O7S. The van der Waals surface area contributed by atoms with Crippen LogP contribution < -0.4 is 0 Å². The van der Waals surface area contributed by atoms with Crippen molar-refractivity contribution in [3.63, 3.8) is 0 Å². The fraction of sp³-hybridized carbons (Fsp3) is 0.333. The van der Waals surface area contributed by atoms with Gasteiger partial charge in [0.1, 0.15) is 5.75 Å². The molecule has 0 bridgehead atoms. The number of hydrogen-bond donors (Lipinski definition) is 1. The molecule has 1 N–H and O–H groups in total. The van der Waals surface area contributed by atoms with Crippen molar-refractivity contribution in [2.24, 2.45) is 0 Å². The summed E-state index contributed by atoms with van der Waals surface area (Å²) in [7, 11) is -4.00. The molecule has 0 radical (unpaired) electrons. The predicted molar refractivity (Wildman–Crippen MR) is 100 cm³/mol. The van der Waals surface area contributed by atoms with E-state index in [1.807, 2.05) is 0 Å². The Balaban J connectivity index is 3.45. The van der Waals surface area contributed by atoms with Crippen LogP contribution >= 0.6 is 63.7 Å². The quantitative estimate of drug-likeness (QED) is 0.279. The second-order valence-electron chi connectivity index (χ2n) is 4.68. The fourth-order valence-electron chi connectivity index (χ4n) is 1.67. The Bertz CT molecular complexity index is 857. The summed E-state index contributed by atoms with van der Waals surface area (Å²) in [5, 5.41) is 0. The topological polar surface area (TPSA) is 107 Å².